The number of carbonyl (C=O) groups excluding carboxylic acids is 1. The standard InChI is InChI=1S/C21H28N2O6S/c1-13(2)22-21(24)18-12-16(8-10-20(18)29-6)30(25,26)23-14(3)17-11-15(27-4)7-9-19(17)28-5/h7-14,23H,1-6H3,(H,22,24)/t14-/m0/s1. The molecule has 0 aromatic heterocycles. The zero-order valence-corrected chi connectivity index (χ0v) is 18.8. The lowest BCUT2D eigenvalue weighted by Gasteiger charge is -2.19. The van der Waals surface area contributed by atoms with E-state index in [1.807, 2.05) is 13.8 Å². The van der Waals surface area contributed by atoms with E-state index >= 15 is 0 Å². The lowest BCUT2D eigenvalue weighted by Crippen LogP contribution is -2.31. The fourth-order valence-electron chi connectivity index (χ4n) is 2.91. The van der Waals surface area contributed by atoms with Crippen LogP contribution in [-0.4, -0.2) is 41.7 Å². The van der Waals surface area contributed by atoms with Crippen molar-refractivity contribution in [1.82, 2.24) is 10.0 Å². The number of hydrogen-bond donors (Lipinski definition) is 2. The number of rotatable bonds is 9. The topological polar surface area (TPSA) is 103 Å². The summed E-state index contributed by atoms with van der Waals surface area (Å²) in [6, 6.07) is 8.57. The summed E-state index contributed by atoms with van der Waals surface area (Å²) in [5.41, 5.74) is 0.757. The van der Waals surface area contributed by atoms with Crippen molar-refractivity contribution in [3.63, 3.8) is 0 Å². The van der Waals surface area contributed by atoms with Crippen molar-refractivity contribution >= 4 is 15.9 Å². The maximum atomic E-state index is 13.0. The summed E-state index contributed by atoms with van der Waals surface area (Å²) >= 11 is 0. The van der Waals surface area contributed by atoms with E-state index in [1.54, 1.807) is 25.1 Å². The van der Waals surface area contributed by atoms with Gasteiger partial charge in [0.2, 0.25) is 10.0 Å². The first-order valence-electron chi connectivity index (χ1n) is 9.36. The van der Waals surface area contributed by atoms with Crippen LogP contribution in [0.1, 0.15) is 42.7 Å². The zero-order valence-electron chi connectivity index (χ0n) is 18.0. The van der Waals surface area contributed by atoms with Gasteiger partial charge in [-0.1, -0.05) is 0 Å². The molecule has 2 aromatic rings. The molecule has 0 aliphatic carbocycles. The van der Waals surface area contributed by atoms with Crippen LogP contribution in [0.3, 0.4) is 0 Å². The fourth-order valence-corrected chi connectivity index (χ4v) is 4.16. The Morgan fingerprint density at radius 1 is 0.900 bits per heavy atom. The Hall–Kier alpha value is -2.78. The van der Waals surface area contributed by atoms with Gasteiger partial charge in [0, 0.05) is 17.6 Å². The van der Waals surface area contributed by atoms with E-state index in [0.717, 1.165) is 0 Å². The summed E-state index contributed by atoms with van der Waals surface area (Å²) in [5, 5.41) is 2.74. The maximum Gasteiger partial charge on any atom is 0.255 e. The van der Waals surface area contributed by atoms with Crippen molar-refractivity contribution in [1.29, 1.82) is 0 Å². The van der Waals surface area contributed by atoms with Crippen molar-refractivity contribution in [2.45, 2.75) is 37.8 Å². The number of hydrogen-bond acceptors (Lipinski definition) is 6. The lowest BCUT2D eigenvalue weighted by molar-refractivity contribution is 0.0940. The monoisotopic (exact) mass is 436 g/mol. The average molecular weight is 437 g/mol. The second kappa shape index (κ2) is 9.82. The van der Waals surface area contributed by atoms with Crippen LogP contribution in [0.15, 0.2) is 41.3 Å². The van der Waals surface area contributed by atoms with Crippen molar-refractivity contribution < 1.29 is 27.4 Å². The summed E-state index contributed by atoms with van der Waals surface area (Å²) in [7, 11) is 0.517. The molecular weight excluding hydrogens is 408 g/mol. The van der Waals surface area contributed by atoms with Crippen molar-refractivity contribution in [3.8, 4) is 17.2 Å². The van der Waals surface area contributed by atoms with Crippen LogP contribution in [-0.2, 0) is 10.0 Å². The van der Waals surface area contributed by atoms with Gasteiger partial charge in [-0.2, -0.15) is 0 Å². The molecule has 2 rings (SSSR count). The predicted octanol–water partition coefficient (Wildman–Crippen LogP) is 2.89. The summed E-state index contributed by atoms with van der Waals surface area (Å²) in [4.78, 5) is 12.4. The van der Waals surface area contributed by atoms with Gasteiger partial charge in [-0.3, -0.25) is 4.79 Å². The fraction of sp³-hybridized carbons (Fsp3) is 0.381. The molecule has 0 heterocycles. The van der Waals surface area contributed by atoms with Gasteiger partial charge in [0.05, 0.1) is 31.8 Å². The third-order valence-electron chi connectivity index (χ3n) is 4.38. The second-order valence-corrected chi connectivity index (χ2v) is 8.66. The highest BCUT2D eigenvalue weighted by Crippen LogP contribution is 2.31. The molecule has 0 saturated carbocycles. The molecule has 30 heavy (non-hydrogen) atoms. The maximum absolute atomic E-state index is 13.0. The first-order valence-corrected chi connectivity index (χ1v) is 10.8. The smallest absolute Gasteiger partial charge is 0.255 e. The van der Waals surface area contributed by atoms with Crippen molar-refractivity contribution in [2.24, 2.45) is 0 Å². The number of sulfonamides is 1. The van der Waals surface area contributed by atoms with Crippen LogP contribution >= 0.6 is 0 Å². The first-order chi connectivity index (χ1) is 14.1. The summed E-state index contributed by atoms with van der Waals surface area (Å²) < 4.78 is 44.4. The Morgan fingerprint density at radius 3 is 2.10 bits per heavy atom. The number of amides is 1. The minimum atomic E-state index is -3.94. The molecular formula is C21H28N2O6S. The van der Waals surface area contributed by atoms with E-state index in [1.165, 1.54) is 39.5 Å². The zero-order chi connectivity index (χ0) is 22.5. The Bertz CT molecular complexity index is 1000. The molecule has 0 spiro atoms. The van der Waals surface area contributed by atoms with Gasteiger partial charge in [0.25, 0.3) is 5.91 Å². The summed E-state index contributed by atoms with van der Waals surface area (Å²) in [6.45, 7) is 5.33. The van der Waals surface area contributed by atoms with E-state index in [-0.39, 0.29) is 22.3 Å². The van der Waals surface area contributed by atoms with E-state index in [2.05, 4.69) is 10.0 Å². The molecule has 0 aliphatic heterocycles. The van der Waals surface area contributed by atoms with Crippen LogP contribution in [0.5, 0.6) is 17.2 Å². The van der Waals surface area contributed by atoms with E-state index in [4.69, 9.17) is 14.2 Å². The SMILES string of the molecule is COc1ccc(OC)c([C@H](C)NS(=O)(=O)c2ccc(OC)c(C(=O)NC(C)C)c2)c1. The van der Waals surface area contributed by atoms with Crippen LogP contribution in [0.2, 0.25) is 0 Å². The van der Waals surface area contributed by atoms with Gasteiger partial charge in [0.15, 0.2) is 0 Å². The molecule has 0 saturated heterocycles. The molecule has 1 atom stereocenters. The Labute approximate surface area is 177 Å². The van der Waals surface area contributed by atoms with Crippen molar-refractivity contribution in [2.75, 3.05) is 21.3 Å². The molecule has 2 aromatic carbocycles. The number of ether oxygens (including phenoxy) is 3. The highest BCUT2D eigenvalue weighted by molar-refractivity contribution is 7.89. The summed E-state index contributed by atoms with van der Waals surface area (Å²) in [6.07, 6.45) is 0. The molecule has 0 radical (unpaired) electrons. The van der Waals surface area contributed by atoms with Crippen LogP contribution in [0.4, 0.5) is 0 Å². The highest BCUT2D eigenvalue weighted by Gasteiger charge is 2.24. The van der Waals surface area contributed by atoms with Crippen LogP contribution in [0, 0.1) is 0 Å². The number of nitrogens with one attached hydrogen (secondary N) is 2. The number of carbonyl (C=O) groups is 1. The molecule has 0 unspecified atom stereocenters. The lowest BCUT2D eigenvalue weighted by atomic mass is 10.1. The average Bonchev–Trinajstić information content (AvgIpc) is 2.71. The van der Waals surface area contributed by atoms with E-state index < -0.39 is 22.0 Å². The minimum absolute atomic E-state index is 0.0501. The predicted molar refractivity (Wildman–Crippen MR) is 114 cm³/mol. The molecule has 0 aliphatic rings. The van der Waals surface area contributed by atoms with Gasteiger partial charge in [-0.05, 0) is 57.2 Å². The second-order valence-electron chi connectivity index (χ2n) is 6.94. The molecule has 0 bridgehead atoms. The minimum Gasteiger partial charge on any atom is -0.497 e. The molecule has 164 valence electrons. The van der Waals surface area contributed by atoms with Gasteiger partial charge in [-0.25, -0.2) is 13.1 Å². The van der Waals surface area contributed by atoms with Crippen molar-refractivity contribution in [3.05, 3.63) is 47.5 Å². The normalized spacial score (nSPS) is 12.4. The Balaban J connectivity index is 2.39. The molecule has 0 fully saturated rings. The molecule has 9 heteroatoms. The van der Waals surface area contributed by atoms with Gasteiger partial charge in [-0.15, -0.1) is 0 Å². The summed E-state index contributed by atoms with van der Waals surface area (Å²) in [5.74, 6) is 0.975. The highest BCUT2D eigenvalue weighted by atomic mass is 32.2. The quantitative estimate of drug-likeness (QED) is 0.627. The number of methoxy groups -OCH3 is 3. The molecule has 2 N–H and O–H groups in total. The Morgan fingerprint density at radius 2 is 1.53 bits per heavy atom. The first kappa shape index (κ1) is 23.5. The Kier molecular flexibility index (Phi) is 7.69. The molecule has 1 amide bonds. The van der Waals surface area contributed by atoms with Gasteiger partial charge in [0.1, 0.15) is 17.2 Å². The number of benzene rings is 2. The van der Waals surface area contributed by atoms with E-state index in [0.29, 0.717) is 17.1 Å². The third-order valence-corrected chi connectivity index (χ3v) is 5.92. The van der Waals surface area contributed by atoms with E-state index in [9.17, 15) is 13.2 Å². The van der Waals surface area contributed by atoms with Gasteiger partial charge < -0.3 is 19.5 Å². The largest absolute Gasteiger partial charge is 0.497 e. The van der Waals surface area contributed by atoms with Crippen LogP contribution in [0.25, 0.3) is 0 Å². The third kappa shape index (κ3) is 5.43. The van der Waals surface area contributed by atoms with Gasteiger partial charge >= 0.3 is 0 Å². The molecule has 8 nitrogen and oxygen atoms in total. The van der Waals surface area contributed by atoms with Crippen LogP contribution < -0.4 is 24.2 Å².